The maximum Gasteiger partial charge on any atom is 0.175 e. The molecule has 1 aromatic heterocycles. The number of sulfone groups is 1. The highest BCUT2D eigenvalue weighted by Crippen LogP contribution is 2.36. The van der Waals surface area contributed by atoms with E-state index in [9.17, 15) is 8.42 Å². The van der Waals surface area contributed by atoms with E-state index in [1.54, 1.807) is 31.5 Å². The van der Waals surface area contributed by atoms with Crippen LogP contribution in [0.2, 0.25) is 0 Å². The van der Waals surface area contributed by atoms with Gasteiger partial charge in [-0.15, -0.1) is 0 Å². The van der Waals surface area contributed by atoms with E-state index >= 15 is 0 Å². The van der Waals surface area contributed by atoms with Gasteiger partial charge in [-0.1, -0.05) is 0 Å². The van der Waals surface area contributed by atoms with Crippen LogP contribution in [0.25, 0.3) is 16.9 Å². The highest BCUT2D eigenvalue weighted by molar-refractivity contribution is 7.90. The average molecular weight is 356 g/mol. The lowest BCUT2D eigenvalue weighted by molar-refractivity contribution is 0.279. The first-order chi connectivity index (χ1) is 12.0. The molecule has 2 aromatic carbocycles. The molecule has 7 heteroatoms. The fourth-order valence-corrected chi connectivity index (χ4v) is 3.53. The summed E-state index contributed by atoms with van der Waals surface area (Å²) < 4.78 is 36.5. The summed E-state index contributed by atoms with van der Waals surface area (Å²) in [5.41, 5.74) is 2.67. The highest BCUT2D eigenvalue weighted by atomic mass is 32.2. The summed E-state index contributed by atoms with van der Waals surface area (Å²) in [4.78, 5) is 4.67. The first-order valence-electron chi connectivity index (χ1n) is 7.66. The van der Waals surface area contributed by atoms with Gasteiger partial charge >= 0.3 is 0 Å². The van der Waals surface area contributed by atoms with Crippen LogP contribution in [0.1, 0.15) is 5.82 Å². The van der Waals surface area contributed by atoms with Gasteiger partial charge in [0.2, 0.25) is 0 Å². The van der Waals surface area contributed by atoms with E-state index in [2.05, 4.69) is 4.98 Å². The molecule has 0 spiro atoms. The smallest absolute Gasteiger partial charge is 0.175 e. The first-order valence-corrected chi connectivity index (χ1v) is 9.55. The molecule has 0 bridgehead atoms. The molecule has 4 rings (SSSR count). The SMILES string of the molecule is COc1ccc(-c2cnc3n2-c2ccc(S(C)(=O)=O)cc2OC3)cc1. The molecule has 0 fully saturated rings. The normalized spacial score (nSPS) is 12.9. The predicted molar refractivity (Wildman–Crippen MR) is 93.0 cm³/mol. The fourth-order valence-electron chi connectivity index (χ4n) is 2.89. The van der Waals surface area contributed by atoms with Crippen molar-refractivity contribution in [3.05, 3.63) is 54.5 Å². The Hall–Kier alpha value is -2.80. The molecule has 0 unspecified atom stereocenters. The third kappa shape index (κ3) is 2.66. The van der Waals surface area contributed by atoms with Crippen LogP contribution in [0.15, 0.2) is 53.6 Å². The third-order valence-electron chi connectivity index (χ3n) is 4.18. The van der Waals surface area contributed by atoms with Gasteiger partial charge in [0.25, 0.3) is 0 Å². The molecule has 0 N–H and O–H groups in total. The van der Waals surface area contributed by atoms with Crippen molar-refractivity contribution in [1.29, 1.82) is 0 Å². The van der Waals surface area contributed by atoms with E-state index in [0.29, 0.717) is 5.75 Å². The number of rotatable bonds is 3. The van der Waals surface area contributed by atoms with Crippen molar-refractivity contribution in [2.75, 3.05) is 13.4 Å². The molecule has 1 aliphatic rings. The van der Waals surface area contributed by atoms with Gasteiger partial charge in [-0.2, -0.15) is 0 Å². The Kier molecular flexibility index (Phi) is 3.54. The van der Waals surface area contributed by atoms with Gasteiger partial charge in [-0.3, -0.25) is 4.57 Å². The third-order valence-corrected chi connectivity index (χ3v) is 5.29. The Morgan fingerprint density at radius 3 is 2.60 bits per heavy atom. The van der Waals surface area contributed by atoms with Crippen LogP contribution in [-0.4, -0.2) is 31.3 Å². The van der Waals surface area contributed by atoms with Gasteiger partial charge in [0.1, 0.15) is 18.1 Å². The molecule has 0 amide bonds. The van der Waals surface area contributed by atoms with Crippen LogP contribution >= 0.6 is 0 Å². The lowest BCUT2D eigenvalue weighted by Crippen LogP contribution is -2.14. The summed E-state index contributed by atoms with van der Waals surface area (Å²) in [7, 11) is -1.66. The van der Waals surface area contributed by atoms with Gasteiger partial charge < -0.3 is 9.47 Å². The lowest BCUT2D eigenvalue weighted by atomic mass is 10.1. The number of hydrogen-bond acceptors (Lipinski definition) is 5. The molecule has 0 saturated carbocycles. The second kappa shape index (κ2) is 5.63. The van der Waals surface area contributed by atoms with Crippen molar-refractivity contribution in [2.24, 2.45) is 0 Å². The number of ether oxygens (including phenoxy) is 2. The Labute approximate surface area is 145 Å². The number of benzene rings is 2. The quantitative estimate of drug-likeness (QED) is 0.722. The second-order valence-electron chi connectivity index (χ2n) is 5.81. The van der Waals surface area contributed by atoms with Gasteiger partial charge in [0, 0.05) is 17.9 Å². The molecular formula is C18H16N2O4S. The van der Waals surface area contributed by atoms with Crippen molar-refractivity contribution >= 4 is 9.84 Å². The maximum atomic E-state index is 11.8. The van der Waals surface area contributed by atoms with Crippen molar-refractivity contribution in [2.45, 2.75) is 11.5 Å². The second-order valence-corrected chi connectivity index (χ2v) is 7.83. The minimum absolute atomic E-state index is 0.237. The molecule has 3 aromatic rings. The van der Waals surface area contributed by atoms with Crippen molar-refractivity contribution < 1.29 is 17.9 Å². The van der Waals surface area contributed by atoms with E-state index < -0.39 is 9.84 Å². The first kappa shape index (κ1) is 15.7. The molecule has 0 aliphatic carbocycles. The summed E-state index contributed by atoms with van der Waals surface area (Å²) in [5, 5.41) is 0. The number of aromatic nitrogens is 2. The minimum atomic E-state index is -3.29. The molecule has 0 radical (unpaired) electrons. The number of methoxy groups -OCH3 is 1. The molecular weight excluding hydrogens is 340 g/mol. The molecule has 0 saturated heterocycles. The van der Waals surface area contributed by atoms with E-state index in [4.69, 9.17) is 9.47 Å². The van der Waals surface area contributed by atoms with Crippen molar-refractivity contribution in [3.63, 3.8) is 0 Å². The summed E-state index contributed by atoms with van der Waals surface area (Å²) >= 11 is 0. The van der Waals surface area contributed by atoms with E-state index in [-0.39, 0.29) is 11.5 Å². The van der Waals surface area contributed by atoms with Gasteiger partial charge in [0.15, 0.2) is 15.7 Å². The number of nitrogens with zero attached hydrogens (tertiary/aromatic N) is 2. The van der Waals surface area contributed by atoms with E-state index in [0.717, 1.165) is 28.5 Å². The fraction of sp³-hybridized carbons (Fsp3) is 0.167. The standard InChI is InChI=1S/C18H16N2O4S/c1-23-13-5-3-12(4-6-13)16-10-19-18-11-24-17-9-14(25(2,21)22)7-8-15(17)20(16)18/h3-10H,11H2,1-2H3. The van der Waals surface area contributed by atoms with Crippen LogP contribution in [0.3, 0.4) is 0 Å². The summed E-state index contributed by atoms with van der Waals surface area (Å²) in [6.07, 6.45) is 2.98. The monoisotopic (exact) mass is 356 g/mol. The van der Waals surface area contributed by atoms with Crippen LogP contribution in [-0.2, 0) is 16.4 Å². The van der Waals surface area contributed by atoms with Crippen LogP contribution in [0.5, 0.6) is 11.5 Å². The minimum Gasteiger partial charge on any atom is -0.497 e. The molecule has 2 heterocycles. The molecule has 6 nitrogen and oxygen atoms in total. The van der Waals surface area contributed by atoms with Gasteiger partial charge in [-0.05, 0) is 36.4 Å². The van der Waals surface area contributed by atoms with E-state index in [1.165, 1.54) is 6.26 Å². The lowest BCUT2D eigenvalue weighted by Gasteiger charge is -2.22. The summed E-state index contributed by atoms with van der Waals surface area (Å²) in [5.74, 6) is 2.08. The van der Waals surface area contributed by atoms with Crippen LogP contribution in [0.4, 0.5) is 0 Å². The Balaban J connectivity index is 1.85. The van der Waals surface area contributed by atoms with Gasteiger partial charge in [-0.25, -0.2) is 13.4 Å². The molecule has 1 aliphatic heterocycles. The largest absolute Gasteiger partial charge is 0.497 e. The maximum absolute atomic E-state index is 11.8. The Morgan fingerprint density at radius 2 is 1.92 bits per heavy atom. The number of fused-ring (bicyclic) bond motifs is 3. The highest BCUT2D eigenvalue weighted by Gasteiger charge is 2.23. The summed E-state index contributed by atoms with van der Waals surface area (Å²) in [6.45, 7) is 0.288. The topological polar surface area (TPSA) is 70.4 Å². The van der Waals surface area contributed by atoms with Crippen molar-refractivity contribution in [1.82, 2.24) is 9.55 Å². The zero-order valence-corrected chi connectivity index (χ0v) is 14.6. The number of hydrogen-bond donors (Lipinski definition) is 0. The summed E-state index contributed by atoms with van der Waals surface area (Å²) in [6, 6.07) is 12.6. The molecule has 0 atom stereocenters. The van der Waals surface area contributed by atoms with Crippen LogP contribution in [0, 0.1) is 0 Å². The van der Waals surface area contributed by atoms with Crippen molar-refractivity contribution in [3.8, 4) is 28.4 Å². The molecule has 25 heavy (non-hydrogen) atoms. The van der Waals surface area contributed by atoms with E-state index in [1.807, 2.05) is 28.8 Å². The predicted octanol–water partition coefficient (Wildman–Crippen LogP) is 2.84. The van der Waals surface area contributed by atoms with Crippen LogP contribution < -0.4 is 9.47 Å². The zero-order chi connectivity index (χ0) is 17.6. The Bertz CT molecular complexity index is 1050. The number of imidazole rings is 1. The average Bonchev–Trinajstić information content (AvgIpc) is 3.05. The zero-order valence-electron chi connectivity index (χ0n) is 13.8. The Morgan fingerprint density at radius 1 is 1.16 bits per heavy atom. The molecule has 128 valence electrons. The van der Waals surface area contributed by atoms with Gasteiger partial charge in [0.05, 0.1) is 29.6 Å².